The lowest BCUT2D eigenvalue weighted by molar-refractivity contribution is 0.768. The summed E-state index contributed by atoms with van der Waals surface area (Å²) in [5.74, 6) is 1.90. The second kappa shape index (κ2) is 13.6. The van der Waals surface area contributed by atoms with Gasteiger partial charge in [-0.1, -0.05) is 176 Å². The highest BCUT2D eigenvalue weighted by molar-refractivity contribution is 5.86. The maximum absolute atomic E-state index is 5.12. The Morgan fingerprint density at radius 2 is 0.691 bits per heavy atom. The minimum atomic E-state index is -0.528. The van der Waals surface area contributed by atoms with Crippen molar-refractivity contribution >= 4 is 0 Å². The fraction of sp³-hybridized carbons (Fsp3) is 0.0196. The molecule has 0 saturated carbocycles. The molecule has 4 nitrogen and oxygen atoms in total. The highest BCUT2D eigenvalue weighted by atomic mass is 15.0. The van der Waals surface area contributed by atoms with E-state index in [0.717, 1.165) is 38.9 Å². The maximum atomic E-state index is 5.12. The summed E-state index contributed by atoms with van der Waals surface area (Å²) >= 11 is 0. The van der Waals surface area contributed by atoms with Gasteiger partial charge in [0, 0.05) is 29.1 Å². The largest absolute Gasteiger partial charge is 0.265 e. The lowest BCUT2D eigenvalue weighted by Gasteiger charge is -2.34. The van der Waals surface area contributed by atoms with E-state index in [1.54, 1.807) is 0 Å². The van der Waals surface area contributed by atoms with Crippen molar-refractivity contribution in [1.82, 2.24) is 19.9 Å². The average molecular weight is 703 g/mol. The van der Waals surface area contributed by atoms with Crippen LogP contribution in [0.4, 0.5) is 0 Å². The summed E-state index contributed by atoms with van der Waals surface area (Å²) < 4.78 is 0. The van der Waals surface area contributed by atoms with Gasteiger partial charge in [0.05, 0.1) is 5.41 Å². The molecule has 0 bridgehead atoms. The summed E-state index contributed by atoms with van der Waals surface area (Å²) in [7, 11) is 0. The fourth-order valence-corrected chi connectivity index (χ4v) is 8.17. The second-order valence-electron chi connectivity index (χ2n) is 13.9. The van der Waals surface area contributed by atoms with E-state index in [1.165, 1.54) is 33.4 Å². The average Bonchev–Trinajstić information content (AvgIpc) is 3.58. The van der Waals surface area contributed by atoms with E-state index in [4.69, 9.17) is 15.0 Å². The lowest BCUT2D eigenvalue weighted by Crippen LogP contribution is -2.28. The molecule has 2 aromatic heterocycles. The molecule has 10 rings (SSSR count). The lowest BCUT2D eigenvalue weighted by atomic mass is 9.67. The van der Waals surface area contributed by atoms with E-state index < -0.39 is 5.41 Å². The fourth-order valence-electron chi connectivity index (χ4n) is 8.17. The second-order valence-corrected chi connectivity index (χ2v) is 13.9. The molecule has 0 spiro atoms. The number of fused-ring (bicyclic) bond motifs is 3. The molecule has 1 aliphatic carbocycles. The first-order valence-electron chi connectivity index (χ1n) is 18.5. The van der Waals surface area contributed by atoms with Crippen molar-refractivity contribution in [2.45, 2.75) is 5.41 Å². The molecule has 0 atom stereocenters. The molecule has 0 radical (unpaired) electrons. The van der Waals surface area contributed by atoms with Crippen molar-refractivity contribution in [1.29, 1.82) is 0 Å². The van der Waals surface area contributed by atoms with Crippen LogP contribution in [0.15, 0.2) is 207 Å². The van der Waals surface area contributed by atoms with Gasteiger partial charge >= 0.3 is 0 Å². The third-order valence-corrected chi connectivity index (χ3v) is 10.8. The Morgan fingerprint density at radius 3 is 1.27 bits per heavy atom. The van der Waals surface area contributed by atoms with Crippen molar-refractivity contribution in [3.63, 3.8) is 0 Å². The first kappa shape index (κ1) is 32.4. The van der Waals surface area contributed by atoms with E-state index in [0.29, 0.717) is 17.5 Å². The highest BCUT2D eigenvalue weighted by Crippen LogP contribution is 2.56. The number of hydrogen-bond donors (Lipinski definition) is 0. The molecule has 1 aliphatic rings. The van der Waals surface area contributed by atoms with Crippen molar-refractivity contribution in [3.8, 4) is 67.5 Å². The molecule has 55 heavy (non-hydrogen) atoms. The predicted molar refractivity (Wildman–Crippen MR) is 222 cm³/mol. The summed E-state index contributed by atoms with van der Waals surface area (Å²) in [5, 5.41) is 0. The molecule has 0 amide bonds. The number of hydrogen-bond acceptors (Lipinski definition) is 4. The Bertz CT molecular complexity index is 2730. The van der Waals surface area contributed by atoms with Crippen LogP contribution in [0.3, 0.4) is 0 Å². The summed E-state index contributed by atoms with van der Waals surface area (Å²) in [6.07, 6.45) is 3.69. The van der Waals surface area contributed by atoms with E-state index >= 15 is 0 Å². The van der Waals surface area contributed by atoms with Gasteiger partial charge in [0.15, 0.2) is 17.5 Å². The third-order valence-electron chi connectivity index (χ3n) is 10.8. The van der Waals surface area contributed by atoms with Gasteiger partial charge < -0.3 is 0 Å². The monoisotopic (exact) mass is 702 g/mol. The summed E-state index contributed by atoms with van der Waals surface area (Å²) in [4.78, 5) is 19.4. The van der Waals surface area contributed by atoms with Gasteiger partial charge in [0.2, 0.25) is 0 Å². The van der Waals surface area contributed by atoms with Crippen molar-refractivity contribution in [2.75, 3.05) is 0 Å². The molecule has 0 N–H and O–H groups in total. The van der Waals surface area contributed by atoms with Crippen LogP contribution in [-0.2, 0) is 5.41 Å². The minimum absolute atomic E-state index is 0.528. The van der Waals surface area contributed by atoms with Crippen molar-refractivity contribution in [2.24, 2.45) is 0 Å². The van der Waals surface area contributed by atoms with Gasteiger partial charge in [-0.15, -0.1) is 0 Å². The van der Waals surface area contributed by atoms with Crippen LogP contribution in [-0.4, -0.2) is 19.9 Å². The Labute approximate surface area is 320 Å². The molecule has 0 saturated heterocycles. The number of rotatable bonds is 7. The van der Waals surface area contributed by atoms with Gasteiger partial charge in [0.1, 0.15) is 0 Å². The molecule has 0 unspecified atom stereocenters. The first-order valence-corrected chi connectivity index (χ1v) is 18.5. The standard InChI is InChI=1S/C51H34N4/c1-3-12-35(13-4-1)40-16-11-17-41(34-40)50-54-48(38-14-5-2-6-15-38)53-49(55-50)39-24-28-43(29-25-39)51(42-26-22-36(23-27-42)37-30-32-52-33-31-37)46-20-9-7-18-44(46)45-19-8-10-21-47(45)51/h1-34H. The van der Waals surface area contributed by atoms with Crippen LogP contribution in [0, 0.1) is 0 Å². The number of pyridine rings is 1. The molecular weight excluding hydrogens is 669 g/mol. The number of nitrogens with zero attached hydrogens (tertiary/aromatic N) is 4. The van der Waals surface area contributed by atoms with Crippen LogP contribution in [0.2, 0.25) is 0 Å². The number of benzene rings is 7. The summed E-state index contributed by atoms with van der Waals surface area (Å²) in [5.41, 5.74) is 14.3. The van der Waals surface area contributed by atoms with Crippen LogP contribution in [0.5, 0.6) is 0 Å². The maximum Gasteiger partial charge on any atom is 0.164 e. The highest BCUT2D eigenvalue weighted by Gasteiger charge is 2.45. The van der Waals surface area contributed by atoms with Gasteiger partial charge in [-0.25, -0.2) is 15.0 Å². The van der Waals surface area contributed by atoms with Crippen LogP contribution >= 0.6 is 0 Å². The predicted octanol–water partition coefficient (Wildman–Crippen LogP) is 12.0. The summed E-state index contributed by atoms with van der Waals surface area (Å²) in [6, 6.07) is 68.6. The zero-order valence-corrected chi connectivity index (χ0v) is 29.9. The van der Waals surface area contributed by atoms with E-state index in [-0.39, 0.29) is 0 Å². The zero-order chi connectivity index (χ0) is 36.6. The van der Waals surface area contributed by atoms with E-state index in [2.05, 4.69) is 163 Å². The van der Waals surface area contributed by atoms with Gasteiger partial charge in [-0.2, -0.15) is 0 Å². The van der Waals surface area contributed by atoms with Crippen molar-refractivity contribution in [3.05, 3.63) is 229 Å². The molecule has 0 aliphatic heterocycles. The molecule has 258 valence electrons. The topological polar surface area (TPSA) is 51.6 Å². The van der Waals surface area contributed by atoms with Crippen LogP contribution < -0.4 is 0 Å². The Morgan fingerprint density at radius 1 is 0.291 bits per heavy atom. The summed E-state index contributed by atoms with van der Waals surface area (Å²) in [6.45, 7) is 0. The molecular formula is C51H34N4. The van der Waals surface area contributed by atoms with Crippen LogP contribution in [0.25, 0.3) is 67.5 Å². The SMILES string of the molecule is c1ccc(-c2cccc(-c3nc(-c4ccccc4)nc(-c4ccc(C5(c6ccc(-c7ccncc7)cc6)c6ccccc6-c6ccccc65)cc4)n3)c2)cc1. The zero-order valence-electron chi connectivity index (χ0n) is 29.9. The molecule has 2 heterocycles. The quantitative estimate of drug-likeness (QED) is 0.166. The smallest absolute Gasteiger partial charge is 0.164 e. The van der Waals surface area contributed by atoms with Gasteiger partial charge in [-0.05, 0) is 73.8 Å². The van der Waals surface area contributed by atoms with Gasteiger partial charge in [-0.3, -0.25) is 4.98 Å². The number of aromatic nitrogens is 4. The Kier molecular flexibility index (Phi) is 8.00. The first-order chi connectivity index (χ1) is 27.3. The van der Waals surface area contributed by atoms with E-state index in [9.17, 15) is 0 Å². The third kappa shape index (κ3) is 5.63. The van der Waals surface area contributed by atoms with Gasteiger partial charge in [0.25, 0.3) is 0 Å². The normalized spacial score (nSPS) is 12.5. The van der Waals surface area contributed by atoms with Crippen molar-refractivity contribution < 1.29 is 0 Å². The Balaban J connectivity index is 1.12. The van der Waals surface area contributed by atoms with Crippen LogP contribution in [0.1, 0.15) is 22.3 Å². The molecule has 9 aromatic rings. The molecule has 4 heteroatoms. The Hall–Kier alpha value is -7.30. The van der Waals surface area contributed by atoms with E-state index in [1.807, 2.05) is 48.8 Å². The molecule has 7 aromatic carbocycles. The molecule has 0 fully saturated rings. The minimum Gasteiger partial charge on any atom is -0.265 e.